The Balaban J connectivity index is 1.91. The minimum atomic E-state index is -0.524. The van der Waals surface area contributed by atoms with Crippen molar-refractivity contribution in [3.8, 4) is 0 Å². The molecule has 3 heterocycles. The van der Waals surface area contributed by atoms with Crippen molar-refractivity contribution < 1.29 is 5.11 Å². The lowest BCUT2D eigenvalue weighted by Gasteiger charge is -2.10. The molecule has 0 saturated heterocycles. The van der Waals surface area contributed by atoms with Gasteiger partial charge in [-0.25, -0.2) is 4.98 Å². The van der Waals surface area contributed by atoms with Crippen LogP contribution in [0, 0.1) is 0 Å². The van der Waals surface area contributed by atoms with Gasteiger partial charge in [-0.15, -0.1) is 22.7 Å². The maximum absolute atomic E-state index is 10.6. The summed E-state index contributed by atoms with van der Waals surface area (Å²) >= 11 is 3.37. The van der Waals surface area contributed by atoms with Gasteiger partial charge in [-0.2, -0.15) is 0 Å². The van der Waals surface area contributed by atoms with Gasteiger partial charge in [-0.05, 0) is 30.2 Å². The van der Waals surface area contributed by atoms with Crippen LogP contribution in [0.4, 0.5) is 0 Å². The Bertz CT molecular complexity index is 679. The summed E-state index contributed by atoms with van der Waals surface area (Å²) in [6.07, 6.45) is 5.66. The molecule has 0 amide bonds. The third-order valence-electron chi connectivity index (χ3n) is 3.35. The average molecular weight is 276 g/mol. The normalized spacial score (nSPS) is 17.4. The Labute approximate surface area is 112 Å². The van der Waals surface area contributed by atoms with Gasteiger partial charge in [-0.3, -0.25) is 4.40 Å². The molecule has 4 rings (SSSR count). The van der Waals surface area contributed by atoms with Crippen molar-refractivity contribution in [2.24, 2.45) is 0 Å². The maximum Gasteiger partial charge on any atom is 0.130 e. The zero-order chi connectivity index (χ0) is 12.1. The molecule has 0 spiro atoms. The van der Waals surface area contributed by atoms with Crippen molar-refractivity contribution in [1.82, 2.24) is 9.38 Å². The first-order valence-corrected chi connectivity index (χ1v) is 7.70. The van der Waals surface area contributed by atoms with Crippen LogP contribution in [0.2, 0.25) is 0 Å². The average Bonchev–Trinajstić information content (AvgIpc) is 2.84. The Morgan fingerprint density at radius 2 is 2.33 bits per heavy atom. The molecule has 0 radical (unpaired) electrons. The smallest absolute Gasteiger partial charge is 0.130 e. The summed E-state index contributed by atoms with van der Waals surface area (Å²) in [7, 11) is 0. The van der Waals surface area contributed by atoms with E-state index in [1.807, 2.05) is 34.4 Å². The minimum absolute atomic E-state index is 0.524. The van der Waals surface area contributed by atoms with Crippen molar-refractivity contribution in [3.05, 3.63) is 45.5 Å². The quantitative estimate of drug-likeness (QED) is 0.796. The van der Waals surface area contributed by atoms with E-state index >= 15 is 0 Å². The van der Waals surface area contributed by atoms with E-state index in [1.165, 1.54) is 17.7 Å². The first-order chi connectivity index (χ1) is 8.84. The number of aliphatic hydroxyl groups excluding tert-OH is 1. The standard InChI is InChI=1S/C13H12N2OS2/c16-12(9-2-1-5-17-9)11-13(8-3-4-8)18-10-6-14-7-15(10)11/h1-2,5-8,12,16H,3-4H2. The van der Waals surface area contributed by atoms with Gasteiger partial charge in [0.15, 0.2) is 0 Å². The molecule has 3 aromatic rings. The number of rotatable bonds is 3. The minimum Gasteiger partial charge on any atom is -0.381 e. The van der Waals surface area contributed by atoms with E-state index in [2.05, 4.69) is 4.98 Å². The van der Waals surface area contributed by atoms with E-state index in [0.717, 1.165) is 15.4 Å². The lowest BCUT2D eigenvalue weighted by molar-refractivity contribution is 0.217. The van der Waals surface area contributed by atoms with Gasteiger partial charge < -0.3 is 5.11 Å². The van der Waals surface area contributed by atoms with Crippen molar-refractivity contribution in [2.75, 3.05) is 0 Å². The third kappa shape index (κ3) is 1.55. The Hall–Kier alpha value is -1.17. The summed E-state index contributed by atoms with van der Waals surface area (Å²) in [6, 6.07) is 3.98. The SMILES string of the molecule is OC(c1cccs1)c1c(C2CC2)sc2cncn12. The molecule has 1 N–H and O–H groups in total. The van der Waals surface area contributed by atoms with Gasteiger partial charge in [0.1, 0.15) is 17.3 Å². The number of thiophene rings is 1. The molecule has 0 bridgehead atoms. The van der Waals surface area contributed by atoms with Crippen molar-refractivity contribution in [1.29, 1.82) is 0 Å². The van der Waals surface area contributed by atoms with Crippen LogP contribution < -0.4 is 0 Å². The molecule has 0 aromatic carbocycles. The van der Waals surface area contributed by atoms with Crippen LogP contribution >= 0.6 is 22.7 Å². The highest BCUT2D eigenvalue weighted by atomic mass is 32.1. The number of aromatic nitrogens is 2. The maximum atomic E-state index is 10.6. The van der Waals surface area contributed by atoms with Crippen LogP contribution in [0.15, 0.2) is 30.0 Å². The summed E-state index contributed by atoms with van der Waals surface area (Å²) in [5.41, 5.74) is 1.03. The highest BCUT2D eigenvalue weighted by molar-refractivity contribution is 7.17. The molecule has 3 aromatic heterocycles. The van der Waals surface area contributed by atoms with E-state index in [-0.39, 0.29) is 0 Å². The first kappa shape index (κ1) is 10.7. The summed E-state index contributed by atoms with van der Waals surface area (Å²) in [6.45, 7) is 0. The zero-order valence-electron chi connectivity index (χ0n) is 9.61. The Kier molecular flexibility index (Phi) is 2.33. The molecule has 3 nitrogen and oxygen atoms in total. The summed E-state index contributed by atoms with van der Waals surface area (Å²) in [4.78, 5) is 7.65. The third-order valence-corrected chi connectivity index (χ3v) is 5.55. The predicted molar refractivity (Wildman–Crippen MR) is 73.4 cm³/mol. The van der Waals surface area contributed by atoms with Gasteiger partial charge >= 0.3 is 0 Å². The van der Waals surface area contributed by atoms with Crippen molar-refractivity contribution in [3.63, 3.8) is 0 Å². The lowest BCUT2D eigenvalue weighted by atomic mass is 10.1. The van der Waals surface area contributed by atoms with E-state index in [9.17, 15) is 5.11 Å². The highest BCUT2D eigenvalue weighted by Gasteiger charge is 2.32. The van der Waals surface area contributed by atoms with Crippen LogP contribution in [-0.2, 0) is 0 Å². The van der Waals surface area contributed by atoms with Gasteiger partial charge in [0, 0.05) is 9.75 Å². The molecule has 0 aliphatic heterocycles. The van der Waals surface area contributed by atoms with Gasteiger partial charge in [0.05, 0.1) is 11.9 Å². The fourth-order valence-corrected chi connectivity index (χ4v) is 4.32. The first-order valence-electron chi connectivity index (χ1n) is 6.00. The van der Waals surface area contributed by atoms with E-state index in [1.54, 1.807) is 22.7 Å². The molecule has 1 atom stereocenters. The second-order valence-electron chi connectivity index (χ2n) is 4.65. The number of nitrogens with zero attached hydrogens (tertiary/aromatic N) is 2. The fourth-order valence-electron chi connectivity index (χ4n) is 2.31. The van der Waals surface area contributed by atoms with E-state index in [0.29, 0.717) is 5.92 Å². The predicted octanol–water partition coefficient (Wildman–Crippen LogP) is 3.42. The van der Waals surface area contributed by atoms with Crippen LogP contribution in [0.3, 0.4) is 0 Å². The van der Waals surface area contributed by atoms with E-state index in [4.69, 9.17) is 0 Å². The van der Waals surface area contributed by atoms with Gasteiger partial charge in [0.25, 0.3) is 0 Å². The fraction of sp³-hybridized carbons (Fsp3) is 0.308. The van der Waals surface area contributed by atoms with Gasteiger partial charge in [-0.1, -0.05) is 6.07 Å². The molecule has 1 unspecified atom stereocenters. The molecule has 1 aliphatic carbocycles. The lowest BCUT2D eigenvalue weighted by Crippen LogP contribution is -2.03. The zero-order valence-corrected chi connectivity index (χ0v) is 11.2. The molecule has 1 aliphatic rings. The summed E-state index contributed by atoms with van der Waals surface area (Å²) in [5.74, 6) is 0.652. The molecular weight excluding hydrogens is 264 g/mol. The summed E-state index contributed by atoms with van der Waals surface area (Å²) in [5, 5.41) is 12.6. The van der Waals surface area contributed by atoms with Crippen LogP contribution in [-0.4, -0.2) is 14.5 Å². The molecule has 92 valence electrons. The number of aliphatic hydroxyl groups is 1. The summed E-state index contributed by atoms with van der Waals surface area (Å²) < 4.78 is 2.04. The molecule has 1 saturated carbocycles. The van der Waals surface area contributed by atoms with Gasteiger partial charge in [0.2, 0.25) is 0 Å². The molecule has 18 heavy (non-hydrogen) atoms. The number of imidazole rings is 1. The van der Waals surface area contributed by atoms with Crippen LogP contribution in [0.25, 0.3) is 4.83 Å². The monoisotopic (exact) mass is 276 g/mol. The molecule has 5 heteroatoms. The van der Waals surface area contributed by atoms with Crippen molar-refractivity contribution in [2.45, 2.75) is 24.9 Å². The Morgan fingerprint density at radius 3 is 3.06 bits per heavy atom. The number of thiazole rings is 1. The van der Waals surface area contributed by atoms with Crippen molar-refractivity contribution >= 4 is 27.5 Å². The highest BCUT2D eigenvalue weighted by Crippen LogP contribution is 2.48. The second-order valence-corrected chi connectivity index (χ2v) is 6.69. The number of fused-ring (bicyclic) bond motifs is 1. The molecular formula is C13H12N2OS2. The topological polar surface area (TPSA) is 37.5 Å². The van der Waals surface area contributed by atoms with Crippen LogP contribution in [0.1, 0.15) is 40.3 Å². The second kappa shape index (κ2) is 3.91. The Morgan fingerprint density at radius 1 is 1.44 bits per heavy atom. The largest absolute Gasteiger partial charge is 0.381 e. The van der Waals surface area contributed by atoms with Crippen LogP contribution in [0.5, 0.6) is 0 Å². The van der Waals surface area contributed by atoms with E-state index < -0.39 is 6.10 Å². The molecule has 1 fully saturated rings. The number of hydrogen-bond acceptors (Lipinski definition) is 4. The number of hydrogen-bond donors (Lipinski definition) is 1.